The SMILES string of the molecule is c1ccc(-c2ccc(N(c3ccccc3)c3ccc4c(c3)C3(c5ccccc5-4)C4CC5CC(C4)CC3C5)cc2)cc1.c1ccc(N(c2ccc3c(c2)C2(c4ccccc4-3)C3CC4CC(C3)CC2C4)c2ccc3c4ccccc4n(-c4ccccc4)c3c2)cc1.c1ccc(N(c2ccc3c(c2)C2(c4ccccc4-3)C3CC4CC(C3)CC2C4)c2cccc3ccccc23)cc1.c1ccccc1. The minimum Gasteiger partial charge on any atom is -0.310 e. The first kappa shape index (κ1) is 79.9. The van der Waals surface area contributed by atoms with Crippen LogP contribution in [0.2, 0.25) is 0 Å². The van der Waals surface area contributed by atoms with E-state index in [2.05, 4.69) is 408 Å². The van der Waals surface area contributed by atoms with Crippen LogP contribution >= 0.6 is 0 Å². The fraction of sp³-hybridized carbons (Fsp3) is 0.231. The fourth-order valence-electron chi connectivity index (χ4n) is 31.1. The molecule has 12 fully saturated rings. The molecule has 0 saturated heterocycles. The summed E-state index contributed by atoms with van der Waals surface area (Å²) < 4.78 is 2.43. The number of para-hydroxylation sites is 5. The molecule has 0 aliphatic heterocycles. The minimum atomic E-state index is 0.140. The molecule has 0 unspecified atom stereocenters. The molecule has 1 heterocycles. The monoisotopic (exact) mass is 1730 g/mol. The van der Waals surface area contributed by atoms with Crippen molar-refractivity contribution in [2.45, 2.75) is 113 Å². The van der Waals surface area contributed by atoms with E-state index in [9.17, 15) is 0 Å². The standard InChI is InChI=1S/C46H38N2.C40H35N.C38H33N.C6H6/c1-3-11-34(12-4-1)47(37-20-22-41-40-16-8-10-18-44(40)48(45(41)29-37)35-13-5-2-6-14-35)36-19-21-39-38-15-7-9-17-42(38)46(43(39)28-36)32-24-30-23-31(26-32)27-33(46)25-30;1-3-9-29(10-4-1)30-15-17-34(18-16-30)41(33-11-5-2-6-12-33)35-19-20-37-36-13-7-8-14-38(36)40(39(37)26-35)31-22-27-21-28(24-31)25-32(40)23-27;1-2-11-30(12-3-1)39(37-16-8-10-27-9-4-5-13-32(27)37)31-17-18-34-33-14-6-7-15-35(33)38(36(34)24-31)28-20-25-19-26(22-28)23-29(38)21-25;1-2-4-6-5-3-1/h1-22,28-33H,23-27H2;1-20,26-28,31-32H,21-25H2;1-18,24-26,28-29H,19-23H2;1-6H. The van der Waals surface area contributed by atoms with E-state index in [4.69, 9.17) is 0 Å². The third-order valence-electron chi connectivity index (χ3n) is 35.3. The molecular weight excluding hydrogens is 1620 g/mol. The summed E-state index contributed by atoms with van der Waals surface area (Å²) in [5, 5.41) is 5.13. The van der Waals surface area contributed by atoms with Gasteiger partial charge in [-0.15, -0.1) is 0 Å². The minimum absolute atomic E-state index is 0.140. The van der Waals surface area contributed by atoms with Crippen molar-refractivity contribution < 1.29 is 0 Å². The largest absolute Gasteiger partial charge is 0.310 e. The fourth-order valence-corrected chi connectivity index (χ4v) is 31.1. The molecule has 15 aliphatic carbocycles. The summed E-state index contributed by atoms with van der Waals surface area (Å²) in [7, 11) is 0. The zero-order valence-corrected chi connectivity index (χ0v) is 76.2. The third kappa shape index (κ3) is 12.6. The van der Waals surface area contributed by atoms with Gasteiger partial charge in [0.25, 0.3) is 0 Å². The van der Waals surface area contributed by atoms with Crippen LogP contribution < -0.4 is 14.7 Å². The van der Waals surface area contributed by atoms with Crippen LogP contribution in [0.5, 0.6) is 0 Å². The lowest BCUT2D eigenvalue weighted by Crippen LogP contribution is -2.55. The molecule has 0 atom stereocenters. The van der Waals surface area contributed by atoms with Crippen LogP contribution in [-0.4, -0.2) is 4.57 Å². The van der Waals surface area contributed by atoms with Gasteiger partial charge in [-0.1, -0.05) is 303 Å². The molecule has 134 heavy (non-hydrogen) atoms. The molecule has 4 nitrogen and oxygen atoms in total. The smallest absolute Gasteiger partial charge is 0.0561 e. The first-order valence-corrected chi connectivity index (χ1v) is 50.4. The zero-order valence-electron chi connectivity index (χ0n) is 76.2. The number of hydrogen-bond acceptors (Lipinski definition) is 3. The Hall–Kier alpha value is -13.8. The molecule has 15 aliphatic rings. The summed E-state index contributed by atoms with van der Waals surface area (Å²) in [6.45, 7) is 0. The summed E-state index contributed by atoms with van der Waals surface area (Å²) in [6.07, 6.45) is 21.3. The van der Waals surface area contributed by atoms with Gasteiger partial charge in [-0.2, -0.15) is 0 Å². The van der Waals surface area contributed by atoms with Crippen LogP contribution in [0.25, 0.3) is 82.8 Å². The second kappa shape index (κ2) is 32.3. The van der Waals surface area contributed by atoms with Crippen molar-refractivity contribution in [3.05, 3.63) is 458 Å². The van der Waals surface area contributed by atoms with Gasteiger partial charge in [0.2, 0.25) is 0 Å². The van der Waals surface area contributed by atoms with Crippen LogP contribution in [-0.2, 0) is 16.2 Å². The number of fused-ring (bicyclic) bond motifs is 13. The average Bonchev–Trinajstić information content (AvgIpc) is 1.51. The first-order valence-electron chi connectivity index (χ1n) is 50.4. The zero-order chi connectivity index (χ0) is 88.2. The Morgan fingerprint density at radius 2 is 0.478 bits per heavy atom. The first-order chi connectivity index (χ1) is 66.4. The molecule has 4 heteroatoms. The van der Waals surface area contributed by atoms with Crippen molar-refractivity contribution >= 4 is 83.8 Å². The van der Waals surface area contributed by atoms with Crippen molar-refractivity contribution in [3.8, 4) is 50.2 Å². The molecule has 0 amide bonds. The number of hydrogen-bond donors (Lipinski definition) is 0. The predicted octanol–water partition coefficient (Wildman–Crippen LogP) is 34.2. The van der Waals surface area contributed by atoms with Gasteiger partial charge in [0, 0.05) is 83.6 Å². The van der Waals surface area contributed by atoms with Crippen molar-refractivity contribution in [1.29, 1.82) is 0 Å². The Balaban J connectivity index is 0.0000000996. The Morgan fingerprint density at radius 1 is 0.187 bits per heavy atom. The van der Waals surface area contributed by atoms with Gasteiger partial charge in [0.1, 0.15) is 0 Å². The normalized spacial score (nSPS) is 25.4. The van der Waals surface area contributed by atoms with Gasteiger partial charge in [-0.3, -0.25) is 0 Å². The number of aromatic nitrogens is 1. The molecule has 3 spiro atoms. The Kier molecular flexibility index (Phi) is 19.2. The summed E-state index contributed by atoms with van der Waals surface area (Å²) in [5.74, 6) is 10.2. The highest BCUT2D eigenvalue weighted by molar-refractivity contribution is 6.11. The lowest BCUT2D eigenvalue weighted by molar-refractivity contribution is -0.0399. The van der Waals surface area contributed by atoms with E-state index in [1.807, 2.05) is 36.4 Å². The Morgan fingerprint density at radius 3 is 0.918 bits per heavy atom. The molecule has 17 aromatic carbocycles. The highest BCUT2D eigenvalue weighted by atomic mass is 15.2. The van der Waals surface area contributed by atoms with Crippen molar-refractivity contribution in [2.24, 2.45) is 71.0 Å². The summed E-state index contributed by atoms with van der Waals surface area (Å²) in [5.41, 5.74) is 36.2. The Labute approximate surface area is 789 Å². The molecule has 18 aromatic rings. The van der Waals surface area contributed by atoms with Gasteiger partial charge in [0.05, 0.1) is 16.7 Å². The lowest BCUT2D eigenvalue weighted by atomic mass is 9.43. The summed E-state index contributed by atoms with van der Waals surface area (Å²) in [6, 6.07) is 157. The number of nitrogens with zero attached hydrogens (tertiary/aromatic N) is 4. The average molecular weight is 1730 g/mol. The van der Waals surface area contributed by atoms with Gasteiger partial charge < -0.3 is 19.3 Å². The van der Waals surface area contributed by atoms with Crippen LogP contribution in [0, 0.1) is 71.0 Å². The number of rotatable bonds is 11. The molecule has 652 valence electrons. The summed E-state index contributed by atoms with van der Waals surface area (Å²) >= 11 is 0. The van der Waals surface area contributed by atoms with Crippen LogP contribution in [0.3, 0.4) is 0 Å². The highest BCUT2D eigenvalue weighted by Gasteiger charge is 2.65. The van der Waals surface area contributed by atoms with Crippen molar-refractivity contribution in [3.63, 3.8) is 0 Å². The molecule has 1 aromatic heterocycles. The molecule has 0 N–H and O–H groups in total. The maximum atomic E-state index is 2.61. The van der Waals surface area contributed by atoms with E-state index >= 15 is 0 Å². The second-order valence-electron chi connectivity index (χ2n) is 41.8. The quantitative estimate of drug-likeness (QED) is 0.128. The lowest BCUT2D eigenvalue weighted by Gasteiger charge is -2.61. The van der Waals surface area contributed by atoms with Crippen molar-refractivity contribution in [1.82, 2.24) is 4.57 Å². The number of anilines is 9. The van der Waals surface area contributed by atoms with Crippen molar-refractivity contribution in [2.75, 3.05) is 14.7 Å². The number of benzene rings is 17. The van der Waals surface area contributed by atoms with E-state index < -0.39 is 0 Å². The van der Waals surface area contributed by atoms with E-state index in [1.165, 1.54) is 230 Å². The van der Waals surface area contributed by atoms with E-state index in [1.54, 1.807) is 33.4 Å². The molecule has 0 radical (unpaired) electrons. The molecule has 12 saturated carbocycles. The van der Waals surface area contributed by atoms with Crippen LogP contribution in [0.4, 0.5) is 51.2 Å². The van der Waals surface area contributed by atoms with Crippen LogP contribution in [0.15, 0.2) is 425 Å². The topological polar surface area (TPSA) is 14.7 Å². The van der Waals surface area contributed by atoms with E-state index in [0.717, 1.165) is 71.0 Å². The molecule has 33 rings (SSSR count). The molecule has 12 bridgehead atoms. The van der Waals surface area contributed by atoms with E-state index in [-0.39, 0.29) is 16.2 Å². The van der Waals surface area contributed by atoms with E-state index in [0.29, 0.717) is 0 Å². The van der Waals surface area contributed by atoms with Gasteiger partial charge in [-0.05, 0) is 372 Å². The maximum Gasteiger partial charge on any atom is 0.0561 e. The van der Waals surface area contributed by atoms with Gasteiger partial charge >= 0.3 is 0 Å². The molecular formula is C130H112N4. The Bertz CT molecular complexity index is 7360. The predicted molar refractivity (Wildman–Crippen MR) is 557 cm³/mol. The maximum absolute atomic E-state index is 2.61. The van der Waals surface area contributed by atoms with Crippen LogP contribution in [0.1, 0.15) is 130 Å². The van der Waals surface area contributed by atoms with Gasteiger partial charge in [0.15, 0.2) is 0 Å². The summed E-state index contributed by atoms with van der Waals surface area (Å²) in [4.78, 5) is 7.46. The third-order valence-corrected chi connectivity index (χ3v) is 35.3. The highest BCUT2D eigenvalue weighted by Crippen LogP contribution is 2.74. The second-order valence-corrected chi connectivity index (χ2v) is 41.8. The van der Waals surface area contributed by atoms with Gasteiger partial charge in [-0.25, -0.2) is 0 Å².